The largest absolute Gasteiger partial charge is 0.333 e. The molecule has 0 radical (unpaired) electrons. The van der Waals surface area contributed by atoms with Crippen molar-refractivity contribution in [3.8, 4) is 11.4 Å². The summed E-state index contributed by atoms with van der Waals surface area (Å²) < 4.78 is 47.4. The molecule has 4 bridgehead atoms. The Morgan fingerprint density at radius 3 is 2.40 bits per heavy atom. The van der Waals surface area contributed by atoms with Crippen LogP contribution in [0.5, 0.6) is 0 Å². The summed E-state index contributed by atoms with van der Waals surface area (Å²) in [7, 11) is 2.08. The Bertz CT molecular complexity index is 1510. The Labute approximate surface area is 242 Å². The van der Waals surface area contributed by atoms with Gasteiger partial charge in [0.15, 0.2) is 0 Å². The van der Waals surface area contributed by atoms with E-state index in [-0.39, 0.29) is 28.0 Å². The molecule has 0 saturated heterocycles. The zero-order valence-electron chi connectivity index (χ0n) is 23.9. The van der Waals surface area contributed by atoms with Crippen LogP contribution in [0.1, 0.15) is 107 Å². The first-order valence-corrected chi connectivity index (χ1v) is 15.3. The van der Waals surface area contributed by atoms with Crippen molar-refractivity contribution < 1.29 is 22.5 Å². The van der Waals surface area contributed by atoms with Crippen molar-refractivity contribution in [3.05, 3.63) is 47.6 Å². The number of alkyl halides is 3. The molecule has 0 aliphatic heterocycles. The molecule has 7 nitrogen and oxygen atoms in total. The minimum atomic E-state index is -2.85. The Morgan fingerprint density at radius 1 is 1.07 bits per heavy atom. The number of halogens is 3. The molecule has 0 unspecified atom stereocenters. The average Bonchev–Trinajstić information content (AvgIpc) is 3.53. The van der Waals surface area contributed by atoms with Gasteiger partial charge < -0.3 is 9.42 Å². The second-order valence-electron chi connectivity index (χ2n) is 14.3. The lowest BCUT2D eigenvalue weighted by atomic mass is 9.41. The third-order valence-corrected chi connectivity index (χ3v) is 11.3. The van der Waals surface area contributed by atoms with Crippen LogP contribution in [-0.2, 0) is 17.3 Å². The SMILES string of the molecule is Cn1nc(C2CC2)cc1C12CCC(CN(C(=O)CC34CC(F)(C3)C4)c3cccc(-c4noc(C(F)F)n4)c3)(CC1)CC2. The number of amides is 1. The number of aromatic nitrogens is 4. The molecule has 1 aromatic carbocycles. The van der Waals surface area contributed by atoms with Gasteiger partial charge in [-0.1, -0.05) is 17.3 Å². The molecule has 222 valence electrons. The number of fused-ring (bicyclic) bond motifs is 3. The molecule has 1 amide bonds. The van der Waals surface area contributed by atoms with Gasteiger partial charge in [0.05, 0.1) is 5.69 Å². The van der Waals surface area contributed by atoms with Crippen LogP contribution in [0, 0.1) is 10.8 Å². The fourth-order valence-electron chi connectivity index (χ4n) is 8.83. The summed E-state index contributed by atoms with van der Waals surface area (Å²) in [5, 5.41) is 8.61. The van der Waals surface area contributed by atoms with Gasteiger partial charge >= 0.3 is 6.43 Å². The van der Waals surface area contributed by atoms with Crippen molar-refractivity contribution in [3.63, 3.8) is 0 Å². The standard InChI is InChI=1S/C32H36F3N5O2/c1-39-24(14-23(37-39)20-5-6-20)31-10-7-29(8-11-31,9-12-31)19-40(25(41)15-30-16-32(35,17-30)18-30)22-4-2-3-21(13-22)27-36-28(26(33)34)42-38-27/h2-4,13-14,20,26H,5-12,15-19H2,1H3. The zero-order chi connectivity index (χ0) is 28.9. The first-order chi connectivity index (χ1) is 20.1. The van der Waals surface area contributed by atoms with Gasteiger partial charge in [-0.3, -0.25) is 9.48 Å². The molecule has 3 aromatic rings. The van der Waals surface area contributed by atoms with E-state index in [1.807, 2.05) is 11.0 Å². The van der Waals surface area contributed by atoms with Crippen LogP contribution < -0.4 is 4.90 Å². The number of carbonyl (C=O) groups excluding carboxylic acids is 1. The lowest BCUT2D eigenvalue weighted by molar-refractivity contribution is -0.215. The first-order valence-electron chi connectivity index (χ1n) is 15.3. The fraction of sp³-hybridized carbons (Fsp3) is 0.625. The normalized spacial score (nSPS) is 33.0. The minimum absolute atomic E-state index is 0.00105. The van der Waals surface area contributed by atoms with E-state index in [1.165, 1.54) is 24.2 Å². The van der Waals surface area contributed by atoms with Gasteiger partial charge in [-0.15, -0.1) is 0 Å². The number of anilines is 1. The van der Waals surface area contributed by atoms with E-state index in [0.29, 0.717) is 49.4 Å². The second-order valence-corrected chi connectivity index (χ2v) is 14.3. The van der Waals surface area contributed by atoms with E-state index >= 15 is 0 Å². The molecule has 7 aliphatic rings. The van der Waals surface area contributed by atoms with Crippen LogP contribution >= 0.6 is 0 Å². The van der Waals surface area contributed by atoms with Crippen molar-refractivity contribution in [2.45, 2.75) is 100 Å². The summed E-state index contributed by atoms with van der Waals surface area (Å²) in [6, 6.07) is 9.56. The highest BCUT2D eigenvalue weighted by molar-refractivity contribution is 5.94. The maximum atomic E-state index is 14.3. The van der Waals surface area contributed by atoms with Crippen LogP contribution in [0.2, 0.25) is 0 Å². The van der Waals surface area contributed by atoms with Gasteiger partial charge in [0.25, 0.3) is 5.89 Å². The summed E-state index contributed by atoms with van der Waals surface area (Å²) >= 11 is 0. The molecular weight excluding hydrogens is 543 g/mol. The van der Waals surface area contributed by atoms with Crippen LogP contribution in [0.3, 0.4) is 0 Å². The second kappa shape index (κ2) is 8.92. The number of carbonyl (C=O) groups is 1. The molecule has 10 rings (SSSR count). The molecule has 2 heterocycles. The third kappa shape index (κ3) is 4.22. The summed E-state index contributed by atoms with van der Waals surface area (Å²) in [4.78, 5) is 19.7. The van der Waals surface area contributed by atoms with E-state index in [0.717, 1.165) is 38.5 Å². The van der Waals surface area contributed by atoms with Gasteiger partial charge in [0.2, 0.25) is 11.7 Å². The molecule has 0 spiro atoms. The predicted octanol–water partition coefficient (Wildman–Crippen LogP) is 7.19. The van der Waals surface area contributed by atoms with Crippen LogP contribution in [0.25, 0.3) is 11.4 Å². The predicted molar refractivity (Wildman–Crippen MR) is 149 cm³/mol. The lowest BCUT2D eigenvalue weighted by Crippen LogP contribution is -2.65. The third-order valence-electron chi connectivity index (χ3n) is 11.3. The molecule has 7 saturated carbocycles. The monoisotopic (exact) mass is 579 g/mol. The maximum absolute atomic E-state index is 14.3. The van der Waals surface area contributed by atoms with Crippen molar-refractivity contribution in [2.75, 3.05) is 11.4 Å². The molecular formula is C32H36F3N5O2. The van der Waals surface area contributed by atoms with Gasteiger partial charge in [-0.05, 0) is 99.7 Å². The van der Waals surface area contributed by atoms with Crippen molar-refractivity contribution >= 4 is 11.6 Å². The number of benzene rings is 1. The highest BCUT2D eigenvalue weighted by Gasteiger charge is 2.69. The average molecular weight is 580 g/mol. The number of hydrogen-bond donors (Lipinski definition) is 0. The summed E-state index contributed by atoms with van der Waals surface area (Å²) in [5.41, 5.74) is 2.69. The van der Waals surface area contributed by atoms with Crippen molar-refractivity contribution in [1.29, 1.82) is 0 Å². The zero-order valence-corrected chi connectivity index (χ0v) is 23.9. The fourth-order valence-corrected chi connectivity index (χ4v) is 8.83. The molecule has 7 fully saturated rings. The summed E-state index contributed by atoms with van der Waals surface area (Å²) in [5.74, 6) is -0.0200. The highest BCUT2D eigenvalue weighted by Crippen LogP contribution is 2.71. The highest BCUT2D eigenvalue weighted by atomic mass is 19.3. The first kappa shape index (κ1) is 26.5. The molecule has 10 heteroatoms. The number of rotatable bonds is 9. The molecule has 0 atom stereocenters. The molecule has 7 aliphatic carbocycles. The summed E-state index contributed by atoms with van der Waals surface area (Å²) in [6.45, 7) is 0.593. The van der Waals surface area contributed by atoms with Gasteiger partial charge in [0, 0.05) is 48.3 Å². The Kier molecular flexibility index (Phi) is 5.62. The number of nitrogens with zero attached hydrogens (tertiary/aromatic N) is 5. The molecule has 0 N–H and O–H groups in total. The van der Waals surface area contributed by atoms with Gasteiger partial charge in [-0.25, -0.2) is 4.39 Å². The van der Waals surface area contributed by atoms with E-state index in [2.05, 4.69) is 27.9 Å². The van der Waals surface area contributed by atoms with E-state index in [1.54, 1.807) is 18.2 Å². The Balaban J connectivity index is 1.06. The summed E-state index contributed by atoms with van der Waals surface area (Å²) in [6.07, 6.45) is 7.70. The van der Waals surface area contributed by atoms with Crippen molar-refractivity contribution in [1.82, 2.24) is 19.9 Å². The lowest BCUT2D eigenvalue weighted by Gasteiger charge is -2.66. The van der Waals surface area contributed by atoms with E-state index in [9.17, 15) is 18.0 Å². The van der Waals surface area contributed by atoms with Crippen LogP contribution in [0.4, 0.5) is 18.9 Å². The van der Waals surface area contributed by atoms with Crippen molar-refractivity contribution in [2.24, 2.45) is 17.9 Å². The van der Waals surface area contributed by atoms with Gasteiger partial charge in [0.1, 0.15) is 5.67 Å². The van der Waals surface area contributed by atoms with E-state index in [4.69, 9.17) is 9.62 Å². The van der Waals surface area contributed by atoms with Crippen LogP contribution in [-0.4, -0.2) is 38.0 Å². The quantitative estimate of drug-likeness (QED) is 0.268. The Morgan fingerprint density at radius 2 is 1.79 bits per heavy atom. The number of hydrogen-bond acceptors (Lipinski definition) is 5. The topological polar surface area (TPSA) is 77.0 Å². The minimum Gasteiger partial charge on any atom is -0.333 e. The van der Waals surface area contributed by atoms with E-state index < -0.39 is 18.0 Å². The van der Waals surface area contributed by atoms with Gasteiger partial charge in [-0.2, -0.15) is 18.9 Å². The molecule has 42 heavy (non-hydrogen) atoms. The Hall–Kier alpha value is -3.17. The number of aryl methyl sites for hydroxylation is 1. The maximum Gasteiger partial charge on any atom is 0.315 e. The smallest absolute Gasteiger partial charge is 0.315 e. The van der Waals surface area contributed by atoms with Crippen LogP contribution in [0.15, 0.2) is 34.9 Å². The molecule has 2 aromatic heterocycles.